The smallest absolute Gasteiger partial charge is 0.338 e. The molecule has 1 aromatic carbocycles. The Bertz CT molecular complexity index is 1230. The molecule has 0 aliphatic heterocycles. The Labute approximate surface area is 174 Å². The lowest BCUT2D eigenvalue weighted by atomic mass is 10.1. The highest BCUT2D eigenvalue weighted by molar-refractivity contribution is 7.99. The molecule has 1 unspecified atom stereocenters. The van der Waals surface area contributed by atoms with E-state index in [0.29, 0.717) is 0 Å². The number of rotatable bonds is 4. The van der Waals surface area contributed by atoms with Crippen LogP contribution in [0.2, 0.25) is 0 Å². The van der Waals surface area contributed by atoms with Crippen molar-refractivity contribution in [3.8, 4) is 11.4 Å². The fraction of sp³-hybridized carbons (Fsp3) is 0.222. The molecule has 1 atom stereocenters. The minimum Gasteiger partial charge on any atom is -0.338 e. The molecule has 6 nitrogen and oxygen atoms in total. The molecule has 31 heavy (non-hydrogen) atoms. The summed E-state index contributed by atoms with van der Waals surface area (Å²) in [5.41, 5.74) is -1.38. The van der Waals surface area contributed by atoms with Crippen LogP contribution in [0.1, 0.15) is 29.2 Å². The van der Waals surface area contributed by atoms with E-state index < -0.39 is 28.7 Å². The van der Waals surface area contributed by atoms with Crippen molar-refractivity contribution < 1.29 is 30.9 Å². The summed E-state index contributed by atoms with van der Waals surface area (Å²) in [4.78, 5) is 4.12. The third-order valence-corrected chi connectivity index (χ3v) is 5.26. The van der Waals surface area contributed by atoms with Crippen LogP contribution in [0.5, 0.6) is 0 Å². The Hall–Kier alpha value is -3.09. The molecule has 0 aliphatic carbocycles. The maximum Gasteiger partial charge on any atom is 0.417 e. The predicted molar refractivity (Wildman–Crippen MR) is 97.0 cm³/mol. The molecule has 162 valence electrons. The minimum atomic E-state index is -4.53. The number of pyridine rings is 1. The Kier molecular flexibility index (Phi) is 5.15. The van der Waals surface area contributed by atoms with Crippen molar-refractivity contribution in [1.82, 2.24) is 24.7 Å². The van der Waals surface area contributed by atoms with E-state index >= 15 is 0 Å². The molecular formula is C18H11F6N5OS. The second kappa shape index (κ2) is 7.55. The molecule has 13 heteroatoms. The molecule has 4 aromatic rings. The molecule has 0 saturated heterocycles. The first-order valence-electron chi connectivity index (χ1n) is 8.62. The van der Waals surface area contributed by atoms with E-state index in [1.807, 2.05) is 0 Å². The van der Waals surface area contributed by atoms with Gasteiger partial charge in [-0.3, -0.25) is 4.40 Å². The highest BCUT2D eigenvalue weighted by atomic mass is 32.2. The number of halogens is 6. The van der Waals surface area contributed by atoms with Gasteiger partial charge in [-0.15, -0.1) is 10.2 Å². The zero-order valence-electron chi connectivity index (χ0n) is 15.4. The summed E-state index contributed by atoms with van der Waals surface area (Å²) in [5.74, 6) is 0.0279. The molecule has 4 rings (SSSR count). The van der Waals surface area contributed by atoms with E-state index in [9.17, 15) is 26.3 Å². The van der Waals surface area contributed by atoms with Crippen molar-refractivity contribution in [2.45, 2.75) is 29.7 Å². The summed E-state index contributed by atoms with van der Waals surface area (Å²) in [7, 11) is 0. The molecule has 3 heterocycles. The van der Waals surface area contributed by atoms with E-state index in [1.165, 1.54) is 22.6 Å². The van der Waals surface area contributed by atoms with E-state index in [1.54, 1.807) is 6.92 Å². The monoisotopic (exact) mass is 459 g/mol. The van der Waals surface area contributed by atoms with Crippen molar-refractivity contribution in [1.29, 1.82) is 0 Å². The standard InChI is InChI=1S/C18H11F6N5OS/c1-9(31-16-27-26-13-6-5-12(8-29(13)16)18(22,23)24)15-25-14(28-30-15)10-3-2-4-11(7-10)17(19,20)21/h2-9H,1H3. The zero-order chi connectivity index (χ0) is 22.4. The summed E-state index contributed by atoms with van der Waals surface area (Å²) < 4.78 is 84.0. The molecule has 0 fully saturated rings. The second-order valence-corrected chi connectivity index (χ2v) is 7.73. The lowest BCUT2D eigenvalue weighted by Gasteiger charge is -2.08. The number of benzene rings is 1. The van der Waals surface area contributed by atoms with Gasteiger partial charge in [-0.25, -0.2) is 0 Å². The Balaban J connectivity index is 1.58. The Morgan fingerprint density at radius 3 is 2.42 bits per heavy atom. The van der Waals surface area contributed by atoms with Gasteiger partial charge in [-0.1, -0.05) is 29.1 Å². The second-order valence-electron chi connectivity index (χ2n) is 6.42. The third-order valence-electron chi connectivity index (χ3n) is 4.22. The molecule has 0 spiro atoms. The highest BCUT2D eigenvalue weighted by Crippen LogP contribution is 2.36. The average molecular weight is 459 g/mol. The van der Waals surface area contributed by atoms with E-state index in [0.717, 1.165) is 36.2 Å². The minimum absolute atomic E-state index is 0.0426. The van der Waals surface area contributed by atoms with Gasteiger partial charge in [0.2, 0.25) is 11.7 Å². The molecule has 0 saturated carbocycles. The van der Waals surface area contributed by atoms with E-state index in [4.69, 9.17) is 4.52 Å². The number of thioether (sulfide) groups is 1. The summed E-state index contributed by atoms with van der Waals surface area (Å²) in [5, 5.41) is 11.0. The van der Waals surface area contributed by atoms with Crippen LogP contribution in [0.15, 0.2) is 52.3 Å². The van der Waals surface area contributed by atoms with Crippen molar-refractivity contribution in [2.24, 2.45) is 0 Å². The number of nitrogens with zero attached hydrogens (tertiary/aromatic N) is 5. The predicted octanol–water partition coefficient (Wildman–Crippen LogP) is 5.67. The van der Waals surface area contributed by atoms with Gasteiger partial charge in [0.25, 0.3) is 0 Å². The first kappa shape index (κ1) is 21.2. The Morgan fingerprint density at radius 2 is 1.71 bits per heavy atom. The van der Waals surface area contributed by atoms with E-state index in [2.05, 4.69) is 20.3 Å². The fourth-order valence-corrected chi connectivity index (χ4v) is 3.54. The van der Waals surface area contributed by atoms with Crippen LogP contribution in [0.3, 0.4) is 0 Å². The molecular weight excluding hydrogens is 448 g/mol. The van der Waals surface area contributed by atoms with Crippen LogP contribution >= 0.6 is 11.8 Å². The van der Waals surface area contributed by atoms with Gasteiger partial charge >= 0.3 is 12.4 Å². The lowest BCUT2D eigenvalue weighted by Crippen LogP contribution is -2.06. The molecule has 0 aliphatic rings. The molecule has 0 N–H and O–H groups in total. The lowest BCUT2D eigenvalue weighted by molar-refractivity contribution is -0.138. The van der Waals surface area contributed by atoms with Crippen LogP contribution in [0.4, 0.5) is 26.3 Å². The molecule has 0 radical (unpaired) electrons. The van der Waals surface area contributed by atoms with Gasteiger partial charge < -0.3 is 4.52 Å². The van der Waals surface area contributed by atoms with Crippen LogP contribution in [-0.4, -0.2) is 24.7 Å². The Morgan fingerprint density at radius 1 is 0.968 bits per heavy atom. The highest BCUT2D eigenvalue weighted by Gasteiger charge is 2.32. The maximum atomic E-state index is 13.0. The van der Waals surface area contributed by atoms with Crippen LogP contribution in [0.25, 0.3) is 17.0 Å². The van der Waals surface area contributed by atoms with E-state index in [-0.39, 0.29) is 28.1 Å². The number of hydrogen-bond acceptors (Lipinski definition) is 6. The number of alkyl halides is 6. The number of aromatic nitrogens is 5. The van der Waals surface area contributed by atoms with Crippen molar-refractivity contribution in [3.63, 3.8) is 0 Å². The first-order valence-corrected chi connectivity index (χ1v) is 9.50. The molecule has 0 amide bonds. The summed E-state index contributed by atoms with van der Waals surface area (Å²) in [6.07, 6.45) is -8.17. The normalized spacial score (nSPS) is 13.6. The van der Waals surface area contributed by atoms with Crippen molar-refractivity contribution in [3.05, 3.63) is 59.6 Å². The fourth-order valence-electron chi connectivity index (χ4n) is 2.68. The van der Waals surface area contributed by atoms with Crippen LogP contribution < -0.4 is 0 Å². The SMILES string of the molecule is CC(Sc1nnc2ccc(C(F)(F)F)cn12)c1nc(-c2cccc(C(F)(F)F)c2)no1. The van der Waals surface area contributed by atoms with Crippen LogP contribution in [-0.2, 0) is 12.4 Å². The largest absolute Gasteiger partial charge is 0.417 e. The van der Waals surface area contributed by atoms with Crippen molar-refractivity contribution in [2.75, 3.05) is 0 Å². The van der Waals surface area contributed by atoms with Gasteiger partial charge in [0.05, 0.1) is 16.4 Å². The van der Waals surface area contributed by atoms with Gasteiger partial charge in [0.15, 0.2) is 10.8 Å². The number of fused-ring (bicyclic) bond motifs is 1. The summed E-state index contributed by atoms with van der Waals surface area (Å²) in [6.45, 7) is 1.64. The van der Waals surface area contributed by atoms with Gasteiger partial charge in [0.1, 0.15) is 0 Å². The summed E-state index contributed by atoms with van der Waals surface area (Å²) in [6, 6.07) is 6.56. The molecule has 0 bridgehead atoms. The average Bonchev–Trinajstić information content (AvgIpc) is 3.34. The summed E-state index contributed by atoms with van der Waals surface area (Å²) >= 11 is 1.01. The van der Waals surface area contributed by atoms with Gasteiger partial charge in [-0.05, 0) is 31.2 Å². The first-order chi connectivity index (χ1) is 14.5. The topological polar surface area (TPSA) is 69.1 Å². The van der Waals surface area contributed by atoms with Gasteiger partial charge in [-0.2, -0.15) is 31.3 Å². The quantitative estimate of drug-likeness (QED) is 0.289. The maximum absolute atomic E-state index is 13.0. The van der Waals surface area contributed by atoms with Crippen molar-refractivity contribution >= 4 is 17.4 Å². The number of hydrogen-bond donors (Lipinski definition) is 0. The van der Waals surface area contributed by atoms with Crippen LogP contribution in [0, 0.1) is 0 Å². The zero-order valence-corrected chi connectivity index (χ0v) is 16.3. The van der Waals surface area contributed by atoms with Gasteiger partial charge in [0, 0.05) is 11.8 Å². The third kappa shape index (κ3) is 4.36. The molecule has 3 aromatic heterocycles.